The normalized spacial score (nSPS) is 26.6. The van der Waals surface area contributed by atoms with E-state index in [0.29, 0.717) is 18.2 Å². The molecule has 3 rings (SSSR count). The summed E-state index contributed by atoms with van der Waals surface area (Å²) in [5, 5.41) is 12.2. The average Bonchev–Trinajstić information content (AvgIpc) is 3.24. The zero-order valence-corrected chi connectivity index (χ0v) is 11.4. The Hall–Kier alpha value is -1.53. The van der Waals surface area contributed by atoms with Crippen molar-refractivity contribution in [3.05, 3.63) is 24.3 Å². The molecule has 1 aromatic heterocycles. The third-order valence-corrected chi connectivity index (χ3v) is 4.20. The molecule has 2 atom stereocenters. The molecular weight excluding hydrogens is 256 g/mol. The zero-order chi connectivity index (χ0) is 13.9. The number of amides is 1. The number of likely N-dealkylation sites (tertiary alicyclic amines) is 1. The smallest absolute Gasteiger partial charge is 0.271 e. The standard InChI is InChI=1S/C14H20N4O2/c19-6-5-18-8-11(10-1-2-10)13(9-18)17-14(20)12-7-15-3-4-16-12/h3-4,7,10-11,13,19H,1-2,5-6,8-9H2,(H,17,20)/t11-,13+/m1/s1. The zero-order valence-electron chi connectivity index (χ0n) is 11.4. The minimum absolute atomic E-state index is 0.153. The number of nitrogens with one attached hydrogen (secondary N) is 1. The van der Waals surface area contributed by atoms with Gasteiger partial charge in [-0.15, -0.1) is 0 Å². The van der Waals surface area contributed by atoms with Gasteiger partial charge in [0.15, 0.2) is 0 Å². The van der Waals surface area contributed by atoms with Crippen molar-refractivity contribution < 1.29 is 9.90 Å². The van der Waals surface area contributed by atoms with Crippen LogP contribution in [0.2, 0.25) is 0 Å². The number of carbonyl (C=O) groups is 1. The summed E-state index contributed by atoms with van der Waals surface area (Å²) in [6, 6.07) is 0.156. The molecule has 2 fully saturated rings. The third-order valence-electron chi connectivity index (χ3n) is 4.20. The van der Waals surface area contributed by atoms with Crippen molar-refractivity contribution in [2.45, 2.75) is 18.9 Å². The first-order valence-electron chi connectivity index (χ1n) is 7.18. The molecule has 0 aromatic carbocycles. The van der Waals surface area contributed by atoms with Gasteiger partial charge in [-0.3, -0.25) is 14.7 Å². The first-order valence-corrected chi connectivity index (χ1v) is 7.18. The molecule has 0 unspecified atom stereocenters. The molecule has 1 aromatic rings. The van der Waals surface area contributed by atoms with Gasteiger partial charge in [-0.25, -0.2) is 4.98 Å². The number of hydrogen-bond acceptors (Lipinski definition) is 5. The van der Waals surface area contributed by atoms with E-state index in [4.69, 9.17) is 5.11 Å². The van der Waals surface area contributed by atoms with Crippen molar-refractivity contribution in [3.63, 3.8) is 0 Å². The SMILES string of the molecule is O=C(N[C@H]1CN(CCO)C[C@@H]1C1CC1)c1cnccn1. The van der Waals surface area contributed by atoms with Crippen molar-refractivity contribution in [2.75, 3.05) is 26.2 Å². The predicted octanol–water partition coefficient (Wildman–Crippen LogP) is -0.0909. The van der Waals surface area contributed by atoms with Gasteiger partial charge >= 0.3 is 0 Å². The number of carbonyl (C=O) groups excluding carboxylic acids is 1. The first kappa shape index (κ1) is 13.5. The maximum Gasteiger partial charge on any atom is 0.271 e. The Morgan fingerprint density at radius 1 is 1.40 bits per heavy atom. The number of rotatable bonds is 5. The molecule has 1 amide bonds. The van der Waals surface area contributed by atoms with Crippen LogP contribution in [0.3, 0.4) is 0 Å². The molecule has 20 heavy (non-hydrogen) atoms. The summed E-state index contributed by atoms with van der Waals surface area (Å²) >= 11 is 0. The Bertz CT molecular complexity index is 464. The van der Waals surface area contributed by atoms with E-state index in [2.05, 4.69) is 20.2 Å². The summed E-state index contributed by atoms with van der Waals surface area (Å²) < 4.78 is 0. The maximum absolute atomic E-state index is 12.2. The van der Waals surface area contributed by atoms with E-state index in [1.165, 1.54) is 25.2 Å². The number of hydrogen-bond donors (Lipinski definition) is 2. The topological polar surface area (TPSA) is 78.4 Å². The fourth-order valence-corrected chi connectivity index (χ4v) is 3.05. The van der Waals surface area contributed by atoms with Crippen LogP contribution in [0.25, 0.3) is 0 Å². The monoisotopic (exact) mass is 276 g/mol. The Kier molecular flexibility index (Phi) is 3.93. The van der Waals surface area contributed by atoms with Gasteiger partial charge in [0, 0.05) is 38.1 Å². The van der Waals surface area contributed by atoms with Crippen molar-refractivity contribution in [2.24, 2.45) is 11.8 Å². The van der Waals surface area contributed by atoms with Crippen molar-refractivity contribution in [1.82, 2.24) is 20.2 Å². The molecule has 2 heterocycles. The Labute approximate surface area is 118 Å². The van der Waals surface area contributed by atoms with E-state index in [9.17, 15) is 4.79 Å². The van der Waals surface area contributed by atoms with Gasteiger partial charge in [-0.05, 0) is 24.7 Å². The number of aromatic nitrogens is 2. The number of β-amino-alcohol motifs (C(OH)–C–C–N with tert-alkyl or cyclic N) is 1. The lowest BCUT2D eigenvalue weighted by molar-refractivity contribution is 0.0922. The predicted molar refractivity (Wildman–Crippen MR) is 73.0 cm³/mol. The second kappa shape index (κ2) is 5.85. The van der Waals surface area contributed by atoms with Gasteiger partial charge in [0.25, 0.3) is 5.91 Å². The molecule has 1 aliphatic carbocycles. The van der Waals surface area contributed by atoms with Gasteiger partial charge in [-0.1, -0.05) is 0 Å². The lowest BCUT2D eigenvalue weighted by atomic mass is 9.98. The van der Waals surface area contributed by atoms with Crippen LogP contribution >= 0.6 is 0 Å². The minimum Gasteiger partial charge on any atom is -0.395 e. The van der Waals surface area contributed by atoms with Crippen LogP contribution in [0.15, 0.2) is 18.6 Å². The molecule has 1 saturated heterocycles. The van der Waals surface area contributed by atoms with Gasteiger partial charge in [0.05, 0.1) is 12.8 Å². The van der Waals surface area contributed by atoms with Gasteiger partial charge < -0.3 is 10.4 Å². The van der Waals surface area contributed by atoms with Crippen LogP contribution in [-0.4, -0.2) is 58.2 Å². The van der Waals surface area contributed by atoms with E-state index >= 15 is 0 Å². The van der Waals surface area contributed by atoms with Crippen molar-refractivity contribution in [1.29, 1.82) is 0 Å². The summed E-state index contributed by atoms with van der Waals surface area (Å²) in [4.78, 5) is 22.4. The van der Waals surface area contributed by atoms with Crippen LogP contribution in [0.1, 0.15) is 23.3 Å². The highest BCUT2D eigenvalue weighted by Gasteiger charge is 2.42. The summed E-state index contributed by atoms with van der Waals surface area (Å²) in [5.41, 5.74) is 0.364. The second-order valence-corrected chi connectivity index (χ2v) is 5.66. The molecule has 6 heteroatoms. The molecular formula is C14H20N4O2. The minimum atomic E-state index is -0.153. The second-order valence-electron chi connectivity index (χ2n) is 5.66. The molecule has 2 N–H and O–H groups in total. The van der Waals surface area contributed by atoms with Gasteiger partial charge in [0.2, 0.25) is 0 Å². The molecule has 108 valence electrons. The summed E-state index contributed by atoms with van der Waals surface area (Å²) in [7, 11) is 0. The van der Waals surface area contributed by atoms with Crippen LogP contribution in [0.4, 0.5) is 0 Å². The maximum atomic E-state index is 12.2. The van der Waals surface area contributed by atoms with Crippen LogP contribution < -0.4 is 5.32 Å². The molecule has 2 aliphatic rings. The molecule has 1 aliphatic heterocycles. The lowest BCUT2D eigenvalue weighted by Gasteiger charge is -2.19. The fourth-order valence-electron chi connectivity index (χ4n) is 3.05. The van der Waals surface area contributed by atoms with E-state index in [1.54, 1.807) is 6.20 Å². The molecule has 1 saturated carbocycles. The highest BCUT2D eigenvalue weighted by molar-refractivity contribution is 5.92. The van der Waals surface area contributed by atoms with E-state index in [1.807, 2.05) is 0 Å². The Morgan fingerprint density at radius 2 is 2.25 bits per heavy atom. The van der Waals surface area contributed by atoms with Gasteiger partial charge in [0.1, 0.15) is 5.69 Å². The van der Waals surface area contributed by atoms with Crippen LogP contribution in [0, 0.1) is 11.8 Å². The summed E-state index contributed by atoms with van der Waals surface area (Å²) in [6.45, 7) is 2.63. The average molecular weight is 276 g/mol. The first-order chi connectivity index (χ1) is 9.78. The Balaban J connectivity index is 1.64. The van der Waals surface area contributed by atoms with E-state index < -0.39 is 0 Å². The van der Waals surface area contributed by atoms with Crippen molar-refractivity contribution in [3.8, 4) is 0 Å². The number of nitrogens with zero attached hydrogens (tertiary/aromatic N) is 3. The fraction of sp³-hybridized carbons (Fsp3) is 0.643. The molecule has 0 bridgehead atoms. The Morgan fingerprint density at radius 3 is 2.90 bits per heavy atom. The van der Waals surface area contributed by atoms with Crippen molar-refractivity contribution >= 4 is 5.91 Å². The van der Waals surface area contributed by atoms with E-state index in [-0.39, 0.29) is 18.6 Å². The van der Waals surface area contributed by atoms with Crippen LogP contribution in [-0.2, 0) is 0 Å². The highest BCUT2D eigenvalue weighted by Crippen LogP contribution is 2.41. The molecule has 6 nitrogen and oxygen atoms in total. The molecule has 0 spiro atoms. The summed E-state index contributed by atoms with van der Waals surface area (Å²) in [5.74, 6) is 1.08. The number of aliphatic hydroxyl groups is 1. The summed E-state index contributed by atoms with van der Waals surface area (Å²) in [6.07, 6.45) is 7.09. The van der Waals surface area contributed by atoms with Crippen LogP contribution in [0.5, 0.6) is 0 Å². The number of aliphatic hydroxyl groups excluding tert-OH is 1. The lowest BCUT2D eigenvalue weighted by Crippen LogP contribution is -2.41. The highest BCUT2D eigenvalue weighted by atomic mass is 16.3. The molecule has 0 radical (unpaired) electrons. The van der Waals surface area contributed by atoms with E-state index in [0.717, 1.165) is 19.0 Å². The van der Waals surface area contributed by atoms with Gasteiger partial charge in [-0.2, -0.15) is 0 Å². The third kappa shape index (κ3) is 2.96. The quantitative estimate of drug-likeness (QED) is 0.786. The largest absolute Gasteiger partial charge is 0.395 e.